The van der Waals surface area contributed by atoms with Crippen LogP contribution in [0.3, 0.4) is 0 Å². The summed E-state index contributed by atoms with van der Waals surface area (Å²) in [6.07, 6.45) is 3.84. The number of carbonyl (C=O) groups excluding carboxylic acids is 1. The van der Waals surface area contributed by atoms with Crippen molar-refractivity contribution in [2.75, 3.05) is 13.1 Å². The van der Waals surface area contributed by atoms with Gasteiger partial charge < -0.3 is 9.64 Å². The molecule has 1 saturated carbocycles. The number of carbonyl (C=O) groups is 1. The molecular weight excluding hydrogens is 340 g/mol. The average Bonchev–Trinajstić information content (AvgIpc) is 2.83. The molecule has 2 unspecified atom stereocenters. The van der Waals surface area contributed by atoms with Crippen molar-refractivity contribution in [2.45, 2.75) is 70.9 Å². The number of alkyl halides is 2. The topological polar surface area (TPSA) is 47.4 Å². The third-order valence-electron chi connectivity index (χ3n) is 6.29. The maximum Gasteiger partial charge on any atom is 0.410 e. The second kappa shape index (κ2) is 5.42. The first-order chi connectivity index (χ1) is 12.0. The van der Waals surface area contributed by atoms with E-state index in [9.17, 15) is 13.6 Å². The molecule has 0 spiro atoms. The van der Waals surface area contributed by atoms with Crippen LogP contribution in [-0.4, -0.2) is 45.4 Å². The lowest BCUT2D eigenvalue weighted by molar-refractivity contribution is 0.0182. The number of aromatic nitrogens is 2. The van der Waals surface area contributed by atoms with Gasteiger partial charge in [-0.1, -0.05) is 6.92 Å². The summed E-state index contributed by atoms with van der Waals surface area (Å²) in [4.78, 5) is 13.9. The number of nitrogens with zero attached hydrogens (tertiary/aromatic N) is 3. The van der Waals surface area contributed by atoms with Gasteiger partial charge in [-0.3, -0.25) is 4.68 Å². The van der Waals surface area contributed by atoms with Crippen LogP contribution in [0.15, 0.2) is 6.20 Å². The Labute approximate surface area is 152 Å². The maximum atomic E-state index is 14.1. The lowest BCUT2D eigenvalue weighted by atomic mass is 9.88. The molecule has 144 valence electrons. The summed E-state index contributed by atoms with van der Waals surface area (Å²) < 4.78 is 35.6. The van der Waals surface area contributed by atoms with Crippen LogP contribution in [-0.2, 0) is 17.6 Å². The van der Waals surface area contributed by atoms with Crippen molar-refractivity contribution in [3.8, 4) is 0 Å². The van der Waals surface area contributed by atoms with Crippen molar-refractivity contribution >= 4 is 6.09 Å². The number of amides is 1. The number of hydrogen-bond donors (Lipinski definition) is 0. The summed E-state index contributed by atoms with van der Waals surface area (Å²) in [7, 11) is 0. The number of likely N-dealkylation sites (tertiary alicyclic amines) is 1. The quantitative estimate of drug-likeness (QED) is 0.758. The van der Waals surface area contributed by atoms with Crippen LogP contribution in [0.2, 0.25) is 0 Å². The summed E-state index contributed by atoms with van der Waals surface area (Å²) >= 11 is 0. The molecular formula is C19H27F2N3O2. The number of hydrogen-bond acceptors (Lipinski definition) is 3. The molecule has 3 aliphatic rings. The number of piperidine rings is 1. The molecule has 2 heterocycles. The summed E-state index contributed by atoms with van der Waals surface area (Å²) in [6.45, 7) is 8.47. The van der Waals surface area contributed by atoms with E-state index in [1.165, 1.54) is 0 Å². The smallest absolute Gasteiger partial charge is 0.410 e. The Morgan fingerprint density at radius 2 is 1.96 bits per heavy atom. The molecule has 0 bridgehead atoms. The maximum absolute atomic E-state index is 14.1. The van der Waals surface area contributed by atoms with Gasteiger partial charge >= 0.3 is 6.09 Å². The summed E-state index contributed by atoms with van der Waals surface area (Å²) in [5.74, 6) is -3.09. The van der Waals surface area contributed by atoms with Gasteiger partial charge in [-0.05, 0) is 45.6 Å². The molecule has 0 aromatic carbocycles. The zero-order chi connectivity index (χ0) is 18.9. The summed E-state index contributed by atoms with van der Waals surface area (Å²) in [5.41, 5.74) is 0.529. The fourth-order valence-electron chi connectivity index (χ4n) is 4.56. The lowest BCUT2D eigenvalue weighted by Gasteiger charge is -2.34. The predicted molar refractivity (Wildman–Crippen MR) is 92.3 cm³/mol. The molecule has 1 aliphatic heterocycles. The molecule has 1 aromatic rings. The van der Waals surface area contributed by atoms with E-state index in [2.05, 4.69) is 5.10 Å². The van der Waals surface area contributed by atoms with Crippen molar-refractivity contribution in [1.82, 2.24) is 14.7 Å². The van der Waals surface area contributed by atoms with Crippen molar-refractivity contribution < 1.29 is 18.3 Å². The first-order valence-electron chi connectivity index (χ1n) is 9.44. The Balaban J connectivity index is 1.43. The van der Waals surface area contributed by atoms with E-state index in [4.69, 9.17) is 4.74 Å². The molecule has 2 fully saturated rings. The molecule has 2 atom stereocenters. The highest BCUT2D eigenvalue weighted by Crippen LogP contribution is 2.70. The Morgan fingerprint density at radius 3 is 2.58 bits per heavy atom. The van der Waals surface area contributed by atoms with Crippen molar-refractivity contribution in [1.29, 1.82) is 0 Å². The summed E-state index contributed by atoms with van der Waals surface area (Å²) in [5, 5.41) is 4.52. The second-order valence-corrected chi connectivity index (χ2v) is 9.23. The van der Waals surface area contributed by atoms with Gasteiger partial charge in [0.05, 0.1) is 12.2 Å². The van der Waals surface area contributed by atoms with Gasteiger partial charge in [0.1, 0.15) is 5.60 Å². The predicted octanol–water partition coefficient (Wildman–Crippen LogP) is 3.83. The zero-order valence-corrected chi connectivity index (χ0v) is 15.9. The SMILES string of the molecule is CC(C)(C)OC(=O)N1CCC(n2ncc3c2CC2(C)C(C3)C2(F)F)CC1. The Morgan fingerprint density at radius 1 is 1.31 bits per heavy atom. The first kappa shape index (κ1) is 17.7. The van der Waals surface area contributed by atoms with Crippen molar-refractivity contribution in [3.63, 3.8) is 0 Å². The van der Waals surface area contributed by atoms with Gasteiger partial charge in [-0.15, -0.1) is 0 Å². The van der Waals surface area contributed by atoms with E-state index >= 15 is 0 Å². The monoisotopic (exact) mass is 367 g/mol. The fraction of sp³-hybridized carbons (Fsp3) is 0.789. The lowest BCUT2D eigenvalue weighted by Crippen LogP contribution is -2.42. The Kier molecular flexibility index (Phi) is 3.70. The molecule has 1 amide bonds. The highest BCUT2D eigenvalue weighted by atomic mass is 19.3. The van der Waals surface area contributed by atoms with E-state index < -0.39 is 22.9 Å². The normalized spacial score (nSPS) is 30.5. The van der Waals surface area contributed by atoms with Gasteiger partial charge in [0.2, 0.25) is 0 Å². The van der Waals surface area contributed by atoms with Crippen LogP contribution >= 0.6 is 0 Å². The van der Waals surface area contributed by atoms with E-state index in [1.54, 1.807) is 18.0 Å². The molecule has 4 rings (SSSR count). The van der Waals surface area contributed by atoms with Gasteiger partial charge in [0.15, 0.2) is 0 Å². The van der Waals surface area contributed by atoms with Crippen LogP contribution in [0.5, 0.6) is 0 Å². The van der Waals surface area contributed by atoms with Crippen LogP contribution in [0.4, 0.5) is 13.6 Å². The molecule has 0 radical (unpaired) electrons. The zero-order valence-electron chi connectivity index (χ0n) is 15.9. The van der Waals surface area contributed by atoms with Gasteiger partial charge in [0, 0.05) is 36.5 Å². The second-order valence-electron chi connectivity index (χ2n) is 9.23. The van der Waals surface area contributed by atoms with E-state index in [0.717, 1.165) is 24.1 Å². The highest BCUT2D eigenvalue weighted by Gasteiger charge is 2.78. The standard InChI is InChI=1S/C19H27F2N3O2/c1-17(2,3)26-16(25)23-7-5-13(6-8-23)24-14-10-18(4)15(19(18,20)21)9-12(14)11-22-24/h11,13,15H,5-10H2,1-4H3. The van der Waals surface area contributed by atoms with Gasteiger partial charge in [-0.25, -0.2) is 13.6 Å². The fourth-order valence-corrected chi connectivity index (χ4v) is 4.56. The minimum atomic E-state index is -2.56. The number of fused-ring (bicyclic) bond motifs is 2. The molecule has 2 aliphatic carbocycles. The number of rotatable bonds is 1. The molecule has 26 heavy (non-hydrogen) atoms. The summed E-state index contributed by atoms with van der Waals surface area (Å²) in [6, 6.07) is 0.157. The van der Waals surface area contributed by atoms with Gasteiger partial charge in [-0.2, -0.15) is 5.10 Å². The van der Waals surface area contributed by atoms with Crippen LogP contribution in [0.1, 0.15) is 57.8 Å². The average molecular weight is 367 g/mol. The van der Waals surface area contributed by atoms with E-state index in [-0.39, 0.29) is 12.1 Å². The van der Waals surface area contributed by atoms with Gasteiger partial charge in [0.25, 0.3) is 5.92 Å². The minimum Gasteiger partial charge on any atom is -0.444 e. The largest absolute Gasteiger partial charge is 0.444 e. The third kappa shape index (κ3) is 2.62. The first-order valence-corrected chi connectivity index (χ1v) is 9.44. The Hall–Kier alpha value is -1.66. The van der Waals surface area contributed by atoms with Crippen molar-refractivity contribution in [2.24, 2.45) is 11.3 Å². The van der Waals surface area contributed by atoms with E-state index in [0.29, 0.717) is 25.9 Å². The van der Waals surface area contributed by atoms with Crippen LogP contribution in [0.25, 0.3) is 0 Å². The van der Waals surface area contributed by atoms with Crippen molar-refractivity contribution in [3.05, 3.63) is 17.5 Å². The number of ether oxygens (including phenoxy) is 1. The van der Waals surface area contributed by atoms with Crippen LogP contribution in [0, 0.1) is 11.3 Å². The number of halogens is 2. The molecule has 1 saturated heterocycles. The minimum absolute atomic E-state index is 0.157. The Bertz CT molecular complexity index is 732. The highest BCUT2D eigenvalue weighted by molar-refractivity contribution is 5.68. The third-order valence-corrected chi connectivity index (χ3v) is 6.29. The van der Waals surface area contributed by atoms with E-state index in [1.807, 2.05) is 25.5 Å². The molecule has 7 heteroatoms. The van der Waals surface area contributed by atoms with Crippen LogP contribution < -0.4 is 0 Å². The molecule has 0 N–H and O–H groups in total. The molecule has 5 nitrogen and oxygen atoms in total. The molecule has 1 aromatic heterocycles.